The van der Waals surface area contributed by atoms with Crippen LogP contribution in [0, 0.1) is 0 Å². The maximum absolute atomic E-state index is 9.01. The van der Waals surface area contributed by atoms with Crippen LogP contribution in [0.1, 0.15) is 36.2 Å². The average Bonchev–Trinajstić information content (AvgIpc) is 3.14. The molecular weight excluding hydrogens is 296 g/mol. The number of hydrogen-bond acceptors (Lipinski definition) is 7. The second-order valence-corrected chi connectivity index (χ2v) is 5.53. The molecule has 0 aliphatic heterocycles. The minimum absolute atomic E-state index is 0.118. The van der Waals surface area contributed by atoms with Gasteiger partial charge in [0.05, 0.1) is 25.0 Å². The Morgan fingerprint density at radius 3 is 2.78 bits per heavy atom. The molecule has 3 aromatic rings. The van der Waals surface area contributed by atoms with E-state index in [9.17, 15) is 0 Å². The van der Waals surface area contributed by atoms with Crippen LogP contribution in [0.15, 0.2) is 35.0 Å². The second kappa shape index (κ2) is 5.81. The molecule has 2 N–H and O–H groups in total. The maximum Gasteiger partial charge on any atom is 0.245 e. The van der Waals surface area contributed by atoms with Crippen molar-refractivity contribution in [3.63, 3.8) is 0 Å². The zero-order valence-corrected chi connectivity index (χ0v) is 12.4. The van der Waals surface area contributed by atoms with Gasteiger partial charge in [0.15, 0.2) is 5.82 Å². The smallest absolute Gasteiger partial charge is 0.245 e. The van der Waals surface area contributed by atoms with E-state index in [1.54, 1.807) is 10.9 Å². The first kappa shape index (κ1) is 13.9. The summed E-state index contributed by atoms with van der Waals surface area (Å²) in [7, 11) is 0. The first-order chi connectivity index (χ1) is 11.3. The van der Waals surface area contributed by atoms with Crippen molar-refractivity contribution in [1.82, 2.24) is 25.1 Å². The van der Waals surface area contributed by atoms with Gasteiger partial charge >= 0.3 is 0 Å². The third-order valence-corrected chi connectivity index (χ3v) is 3.70. The van der Waals surface area contributed by atoms with Crippen LogP contribution in [-0.4, -0.2) is 30.2 Å². The number of rotatable bonds is 6. The van der Waals surface area contributed by atoms with E-state index < -0.39 is 0 Å². The SMILES string of the molecule is OCc1cn(-c2ccc(NCc3nc(C4CC4)no3)cc2)nn1. The van der Waals surface area contributed by atoms with Gasteiger partial charge in [-0.3, -0.25) is 0 Å². The molecule has 0 saturated heterocycles. The van der Waals surface area contributed by atoms with Crippen LogP contribution in [-0.2, 0) is 13.2 Å². The van der Waals surface area contributed by atoms with Crippen molar-refractivity contribution in [3.8, 4) is 5.69 Å². The largest absolute Gasteiger partial charge is 0.390 e. The van der Waals surface area contributed by atoms with Crippen molar-refractivity contribution >= 4 is 5.69 Å². The summed E-state index contributed by atoms with van der Waals surface area (Å²) in [6.45, 7) is 0.379. The highest BCUT2D eigenvalue weighted by molar-refractivity contribution is 5.48. The monoisotopic (exact) mass is 312 g/mol. The Morgan fingerprint density at radius 1 is 1.26 bits per heavy atom. The third kappa shape index (κ3) is 3.07. The molecule has 1 saturated carbocycles. The van der Waals surface area contributed by atoms with Crippen LogP contribution in [0.4, 0.5) is 5.69 Å². The van der Waals surface area contributed by atoms with Gasteiger partial charge in [-0.1, -0.05) is 10.4 Å². The van der Waals surface area contributed by atoms with Gasteiger partial charge in [0.2, 0.25) is 5.89 Å². The second-order valence-electron chi connectivity index (χ2n) is 5.53. The van der Waals surface area contributed by atoms with E-state index in [1.807, 2.05) is 24.3 Å². The fourth-order valence-electron chi connectivity index (χ4n) is 2.25. The molecule has 0 atom stereocenters. The summed E-state index contributed by atoms with van der Waals surface area (Å²) in [5.74, 6) is 1.92. The maximum atomic E-state index is 9.01. The zero-order valence-electron chi connectivity index (χ0n) is 12.4. The molecule has 2 heterocycles. The molecule has 0 spiro atoms. The Labute approximate surface area is 132 Å². The van der Waals surface area contributed by atoms with Crippen molar-refractivity contribution in [1.29, 1.82) is 0 Å². The van der Waals surface area contributed by atoms with Crippen molar-refractivity contribution in [2.24, 2.45) is 0 Å². The number of aromatic nitrogens is 5. The Hall–Kier alpha value is -2.74. The number of nitrogens with zero attached hydrogens (tertiary/aromatic N) is 5. The van der Waals surface area contributed by atoms with Crippen LogP contribution in [0.2, 0.25) is 0 Å². The molecule has 0 radical (unpaired) electrons. The Bertz CT molecular complexity index is 790. The molecular formula is C15H16N6O2. The van der Waals surface area contributed by atoms with Crippen LogP contribution in [0.25, 0.3) is 5.69 Å². The quantitative estimate of drug-likeness (QED) is 0.713. The molecule has 1 fully saturated rings. The standard InChI is InChI=1S/C15H16N6O2/c22-9-12-8-21(20-18-12)13-5-3-11(4-6-13)16-7-14-17-15(19-23-14)10-1-2-10/h3-6,8,10,16,22H,1-2,7,9H2. The zero-order chi connectivity index (χ0) is 15.6. The van der Waals surface area contributed by atoms with E-state index >= 15 is 0 Å². The first-order valence-corrected chi connectivity index (χ1v) is 7.51. The van der Waals surface area contributed by atoms with Gasteiger partial charge in [-0.05, 0) is 37.1 Å². The number of aliphatic hydroxyl groups excluding tert-OH is 1. The van der Waals surface area contributed by atoms with Gasteiger partial charge in [0, 0.05) is 11.6 Å². The molecule has 2 aromatic heterocycles. The van der Waals surface area contributed by atoms with Gasteiger partial charge in [0.1, 0.15) is 5.69 Å². The fraction of sp³-hybridized carbons (Fsp3) is 0.333. The normalized spacial score (nSPS) is 14.1. The Kier molecular flexibility index (Phi) is 3.51. The van der Waals surface area contributed by atoms with Gasteiger partial charge in [0.25, 0.3) is 0 Å². The summed E-state index contributed by atoms with van der Waals surface area (Å²) in [6.07, 6.45) is 4.02. The molecule has 0 amide bonds. The topological polar surface area (TPSA) is 102 Å². The number of aliphatic hydroxyl groups is 1. The molecule has 118 valence electrons. The molecule has 1 aliphatic carbocycles. The third-order valence-electron chi connectivity index (χ3n) is 3.70. The summed E-state index contributed by atoms with van der Waals surface area (Å²) in [5, 5.41) is 24.1. The van der Waals surface area contributed by atoms with Crippen LogP contribution in [0.3, 0.4) is 0 Å². The molecule has 1 aromatic carbocycles. The lowest BCUT2D eigenvalue weighted by Crippen LogP contribution is -2.01. The predicted molar refractivity (Wildman–Crippen MR) is 80.9 cm³/mol. The Morgan fingerprint density at radius 2 is 2.09 bits per heavy atom. The summed E-state index contributed by atoms with van der Waals surface area (Å²) >= 11 is 0. The van der Waals surface area contributed by atoms with Gasteiger partial charge in [-0.2, -0.15) is 4.98 Å². The lowest BCUT2D eigenvalue weighted by molar-refractivity contribution is 0.276. The van der Waals surface area contributed by atoms with E-state index in [0.717, 1.165) is 30.0 Å². The summed E-state index contributed by atoms with van der Waals surface area (Å²) in [6, 6.07) is 7.71. The number of anilines is 1. The van der Waals surface area contributed by atoms with Gasteiger partial charge < -0.3 is 14.9 Å². The average molecular weight is 312 g/mol. The van der Waals surface area contributed by atoms with Crippen molar-refractivity contribution < 1.29 is 9.63 Å². The van der Waals surface area contributed by atoms with E-state index in [0.29, 0.717) is 24.0 Å². The van der Waals surface area contributed by atoms with E-state index in [-0.39, 0.29) is 6.61 Å². The fourth-order valence-corrected chi connectivity index (χ4v) is 2.25. The van der Waals surface area contributed by atoms with Gasteiger partial charge in [-0.25, -0.2) is 4.68 Å². The van der Waals surface area contributed by atoms with E-state index in [1.165, 1.54) is 0 Å². The lowest BCUT2D eigenvalue weighted by Gasteiger charge is -2.05. The first-order valence-electron chi connectivity index (χ1n) is 7.51. The molecule has 23 heavy (non-hydrogen) atoms. The van der Waals surface area contributed by atoms with Crippen molar-refractivity contribution in [3.05, 3.63) is 47.9 Å². The minimum atomic E-state index is -0.118. The summed E-state index contributed by atoms with van der Waals surface area (Å²) in [4.78, 5) is 4.38. The van der Waals surface area contributed by atoms with Crippen LogP contribution in [0.5, 0.6) is 0 Å². The molecule has 0 bridgehead atoms. The number of benzene rings is 1. The predicted octanol–water partition coefficient (Wildman–Crippen LogP) is 1.63. The minimum Gasteiger partial charge on any atom is -0.390 e. The number of nitrogens with one attached hydrogen (secondary N) is 1. The highest BCUT2D eigenvalue weighted by Crippen LogP contribution is 2.38. The highest BCUT2D eigenvalue weighted by atomic mass is 16.5. The van der Waals surface area contributed by atoms with Crippen molar-refractivity contribution in [2.75, 3.05) is 5.32 Å². The van der Waals surface area contributed by atoms with E-state index in [2.05, 4.69) is 25.8 Å². The molecule has 8 nitrogen and oxygen atoms in total. The Balaban J connectivity index is 1.39. The molecule has 4 rings (SSSR count). The highest BCUT2D eigenvalue weighted by Gasteiger charge is 2.28. The lowest BCUT2D eigenvalue weighted by atomic mass is 10.3. The van der Waals surface area contributed by atoms with Crippen molar-refractivity contribution in [2.45, 2.75) is 31.9 Å². The van der Waals surface area contributed by atoms with E-state index in [4.69, 9.17) is 9.63 Å². The van der Waals surface area contributed by atoms with Crippen LogP contribution < -0.4 is 5.32 Å². The molecule has 0 unspecified atom stereocenters. The molecule has 8 heteroatoms. The molecule has 1 aliphatic rings. The summed E-state index contributed by atoms with van der Waals surface area (Å²) < 4.78 is 6.85. The summed E-state index contributed by atoms with van der Waals surface area (Å²) in [5.41, 5.74) is 2.36. The van der Waals surface area contributed by atoms with Crippen LogP contribution >= 0.6 is 0 Å². The number of hydrogen-bond donors (Lipinski definition) is 2. The van der Waals surface area contributed by atoms with Gasteiger partial charge in [-0.15, -0.1) is 5.10 Å².